The first-order chi connectivity index (χ1) is 7.18. The number of nitrogens with zero attached hydrogens (tertiary/aromatic N) is 1. The summed E-state index contributed by atoms with van der Waals surface area (Å²) in [7, 11) is 0. The predicted octanol–water partition coefficient (Wildman–Crippen LogP) is 2.22. The van der Waals surface area contributed by atoms with Crippen molar-refractivity contribution in [2.24, 2.45) is 5.92 Å². The van der Waals surface area contributed by atoms with E-state index in [4.69, 9.17) is 4.74 Å². The molecule has 1 unspecified atom stereocenters. The molecule has 1 amide bonds. The number of ether oxygens (including phenoxy) is 1. The van der Waals surface area contributed by atoms with Crippen LogP contribution in [0.3, 0.4) is 0 Å². The van der Waals surface area contributed by atoms with Gasteiger partial charge in [-0.1, -0.05) is 0 Å². The largest absolute Gasteiger partial charge is 0.444 e. The zero-order valence-corrected chi connectivity index (χ0v) is 10.7. The van der Waals surface area contributed by atoms with Crippen LogP contribution in [0.5, 0.6) is 0 Å². The van der Waals surface area contributed by atoms with Gasteiger partial charge in [-0.05, 0) is 41.0 Å². The highest BCUT2D eigenvalue weighted by Crippen LogP contribution is 2.34. The van der Waals surface area contributed by atoms with E-state index in [9.17, 15) is 9.59 Å². The first kappa shape index (κ1) is 13.0. The van der Waals surface area contributed by atoms with Crippen molar-refractivity contribution in [2.75, 3.05) is 6.54 Å². The Hall–Kier alpha value is -1.06. The van der Waals surface area contributed by atoms with E-state index < -0.39 is 11.1 Å². The van der Waals surface area contributed by atoms with Crippen LogP contribution in [-0.4, -0.2) is 35.0 Å². The van der Waals surface area contributed by atoms with Gasteiger partial charge in [-0.25, -0.2) is 4.79 Å². The Labute approximate surface area is 96.9 Å². The summed E-state index contributed by atoms with van der Waals surface area (Å²) in [6.07, 6.45) is 1.32. The standard InChI is InChI=1S/C12H21NO3/c1-11(2,3)16-10(15)13-7-6-9(8-14)12(13,4)5/h8-9H,6-7H2,1-5H3. The normalized spacial score (nSPS) is 24.3. The van der Waals surface area contributed by atoms with Gasteiger partial charge in [0.1, 0.15) is 11.9 Å². The second-order valence-electron chi connectivity index (χ2n) is 5.82. The Morgan fingerprint density at radius 1 is 1.44 bits per heavy atom. The SMILES string of the molecule is CC(C)(C)OC(=O)N1CCC(C=O)C1(C)C. The Kier molecular flexibility index (Phi) is 3.31. The number of hydrogen-bond donors (Lipinski definition) is 0. The predicted molar refractivity (Wildman–Crippen MR) is 61.2 cm³/mol. The average Bonchev–Trinajstić information content (AvgIpc) is 2.36. The van der Waals surface area contributed by atoms with Crippen LogP contribution in [0.2, 0.25) is 0 Å². The van der Waals surface area contributed by atoms with Gasteiger partial charge in [0.25, 0.3) is 0 Å². The molecule has 0 saturated carbocycles. The maximum Gasteiger partial charge on any atom is 0.410 e. The third-order valence-electron chi connectivity index (χ3n) is 3.04. The van der Waals surface area contributed by atoms with Crippen LogP contribution < -0.4 is 0 Å². The molecule has 16 heavy (non-hydrogen) atoms. The first-order valence-corrected chi connectivity index (χ1v) is 5.64. The van der Waals surface area contributed by atoms with E-state index in [-0.39, 0.29) is 12.0 Å². The number of rotatable bonds is 1. The molecule has 0 aromatic carbocycles. The second-order valence-corrected chi connectivity index (χ2v) is 5.82. The molecular formula is C12H21NO3. The van der Waals surface area contributed by atoms with E-state index >= 15 is 0 Å². The molecule has 4 heteroatoms. The zero-order valence-electron chi connectivity index (χ0n) is 10.7. The van der Waals surface area contributed by atoms with E-state index in [0.717, 1.165) is 12.7 Å². The molecule has 1 rings (SSSR count). The van der Waals surface area contributed by atoms with Crippen LogP contribution in [-0.2, 0) is 9.53 Å². The topological polar surface area (TPSA) is 46.6 Å². The Morgan fingerprint density at radius 2 is 2.00 bits per heavy atom. The van der Waals surface area contributed by atoms with Crippen molar-refractivity contribution in [3.8, 4) is 0 Å². The molecule has 0 bridgehead atoms. The lowest BCUT2D eigenvalue weighted by molar-refractivity contribution is -0.112. The van der Waals surface area contributed by atoms with Gasteiger partial charge in [-0.2, -0.15) is 0 Å². The van der Waals surface area contributed by atoms with Crippen LogP contribution in [0, 0.1) is 5.92 Å². The smallest absolute Gasteiger partial charge is 0.410 e. The van der Waals surface area contributed by atoms with Crippen LogP contribution in [0.15, 0.2) is 0 Å². The summed E-state index contributed by atoms with van der Waals surface area (Å²) >= 11 is 0. The van der Waals surface area contributed by atoms with Gasteiger partial charge in [0.05, 0.1) is 5.54 Å². The minimum absolute atomic E-state index is 0.0972. The van der Waals surface area contributed by atoms with Gasteiger partial charge in [0.2, 0.25) is 0 Å². The molecule has 0 radical (unpaired) electrons. The van der Waals surface area contributed by atoms with E-state index in [1.54, 1.807) is 4.90 Å². The van der Waals surface area contributed by atoms with Crippen molar-refractivity contribution in [2.45, 2.75) is 52.2 Å². The van der Waals surface area contributed by atoms with Crippen molar-refractivity contribution in [1.29, 1.82) is 0 Å². The zero-order chi connectivity index (χ0) is 12.6. The minimum atomic E-state index is -0.494. The van der Waals surface area contributed by atoms with Crippen LogP contribution in [0.25, 0.3) is 0 Å². The van der Waals surface area contributed by atoms with Gasteiger partial charge in [0, 0.05) is 12.5 Å². The Balaban J connectivity index is 2.76. The third kappa shape index (κ3) is 2.54. The summed E-state index contributed by atoms with van der Waals surface area (Å²) in [6.45, 7) is 9.92. The fraction of sp³-hybridized carbons (Fsp3) is 0.833. The highest BCUT2D eigenvalue weighted by Gasteiger charge is 2.45. The van der Waals surface area contributed by atoms with Gasteiger partial charge >= 0.3 is 6.09 Å². The van der Waals surface area contributed by atoms with E-state index in [0.29, 0.717) is 6.54 Å². The third-order valence-corrected chi connectivity index (χ3v) is 3.04. The van der Waals surface area contributed by atoms with Crippen LogP contribution in [0.4, 0.5) is 4.79 Å². The summed E-state index contributed by atoms with van der Waals surface area (Å²) in [5.41, 5.74) is -0.934. The molecule has 0 aromatic heterocycles. The van der Waals surface area contributed by atoms with E-state index in [2.05, 4.69) is 0 Å². The Bertz CT molecular complexity index is 291. The van der Waals surface area contributed by atoms with Gasteiger partial charge in [-0.15, -0.1) is 0 Å². The number of carbonyl (C=O) groups is 2. The highest BCUT2D eigenvalue weighted by molar-refractivity contribution is 5.71. The molecule has 1 atom stereocenters. The van der Waals surface area contributed by atoms with Crippen molar-refractivity contribution in [3.63, 3.8) is 0 Å². The van der Waals surface area contributed by atoms with Gasteiger partial charge in [-0.3, -0.25) is 0 Å². The van der Waals surface area contributed by atoms with Crippen molar-refractivity contribution in [3.05, 3.63) is 0 Å². The summed E-state index contributed by atoms with van der Waals surface area (Å²) < 4.78 is 5.32. The van der Waals surface area contributed by atoms with Gasteiger partial charge in [0.15, 0.2) is 0 Å². The first-order valence-electron chi connectivity index (χ1n) is 5.64. The lowest BCUT2D eigenvalue weighted by atomic mass is 9.90. The quantitative estimate of drug-likeness (QED) is 0.645. The number of amides is 1. The second kappa shape index (κ2) is 4.07. The monoisotopic (exact) mass is 227 g/mol. The maximum atomic E-state index is 11.9. The number of aldehydes is 1. The Morgan fingerprint density at radius 3 is 2.38 bits per heavy atom. The average molecular weight is 227 g/mol. The molecule has 1 saturated heterocycles. The molecular weight excluding hydrogens is 206 g/mol. The lowest BCUT2D eigenvalue weighted by Crippen LogP contribution is -2.48. The fourth-order valence-corrected chi connectivity index (χ4v) is 1.99. The molecule has 0 spiro atoms. The maximum absolute atomic E-state index is 11.9. The van der Waals surface area contributed by atoms with Gasteiger partial charge < -0.3 is 14.4 Å². The summed E-state index contributed by atoms with van der Waals surface area (Å²) in [6, 6.07) is 0. The molecule has 1 heterocycles. The van der Waals surface area contributed by atoms with E-state index in [1.807, 2.05) is 34.6 Å². The summed E-state index contributed by atoms with van der Waals surface area (Å²) in [5, 5.41) is 0. The van der Waals surface area contributed by atoms with Crippen molar-refractivity contribution >= 4 is 12.4 Å². The highest BCUT2D eigenvalue weighted by atomic mass is 16.6. The lowest BCUT2D eigenvalue weighted by Gasteiger charge is -2.35. The molecule has 0 N–H and O–H groups in total. The van der Waals surface area contributed by atoms with E-state index in [1.165, 1.54) is 0 Å². The summed E-state index contributed by atoms with van der Waals surface area (Å²) in [5.74, 6) is -0.0972. The van der Waals surface area contributed by atoms with Crippen LogP contribution in [0.1, 0.15) is 41.0 Å². The van der Waals surface area contributed by atoms with Crippen LogP contribution >= 0.6 is 0 Å². The number of likely N-dealkylation sites (tertiary alicyclic amines) is 1. The fourth-order valence-electron chi connectivity index (χ4n) is 1.99. The number of carbonyl (C=O) groups excluding carboxylic acids is 2. The minimum Gasteiger partial charge on any atom is -0.444 e. The van der Waals surface area contributed by atoms with Crippen molar-refractivity contribution in [1.82, 2.24) is 4.90 Å². The molecule has 92 valence electrons. The number of hydrogen-bond acceptors (Lipinski definition) is 3. The molecule has 1 aliphatic heterocycles. The molecule has 4 nitrogen and oxygen atoms in total. The molecule has 0 aromatic rings. The molecule has 0 aliphatic carbocycles. The summed E-state index contributed by atoms with van der Waals surface area (Å²) in [4.78, 5) is 24.5. The van der Waals surface area contributed by atoms with Crippen molar-refractivity contribution < 1.29 is 14.3 Å². The molecule has 1 aliphatic rings. The molecule has 1 fully saturated rings.